The fourth-order valence-electron chi connectivity index (χ4n) is 4.81. The van der Waals surface area contributed by atoms with Crippen molar-refractivity contribution in [2.24, 2.45) is 5.41 Å². The first-order valence-electron chi connectivity index (χ1n) is 14.3. The third kappa shape index (κ3) is 8.54. The zero-order valence-electron chi connectivity index (χ0n) is 24.2. The maximum atomic E-state index is 11.6. The van der Waals surface area contributed by atoms with Gasteiger partial charge in [0.1, 0.15) is 5.75 Å². The van der Waals surface area contributed by atoms with Gasteiger partial charge in [0.15, 0.2) is 0 Å². The van der Waals surface area contributed by atoms with Gasteiger partial charge in [-0.25, -0.2) is 4.79 Å². The van der Waals surface area contributed by atoms with Crippen molar-refractivity contribution in [2.45, 2.75) is 59.3 Å². The second-order valence-corrected chi connectivity index (χ2v) is 10.5. The minimum Gasteiger partial charge on any atom is -0.493 e. The predicted molar refractivity (Wildman–Crippen MR) is 162 cm³/mol. The highest BCUT2D eigenvalue weighted by atomic mass is 16.5. The van der Waals surface area contributed by atoms with E-state index in [9.17, 15) is 15.0 Å². The summed E-state index contributed by atoms with van der Waals surface area (Å²) in [7, 11) is 0. The third-order valence-electron chi connectivity index (χ3n) is 7.84. The van der Waals surface area contributed by atoms with Gasteiger partial charge in [0.05, 0.1) is 26.4 Å². The molecule has 3 aromatic carbocycles. The molecule has 5 heteroatoms. The van der Waals surface area contributed by atoms with Crippen molar-refractivity contribution in [3.05, 3.63) is 101 Å². The van der Waals surface area contributed by atoms with Crippen LogP contribution in [0.25, 0.3) is 11.1 Å². The number of hydrogen-bond donors (Lipinski definition) is 2. The molecule has 3 rings (SSSR count). The van der Waals surface area contributed by atoms with Crippen LogP contribution in [-0.2, 0) is 35.2 Å². The number of carbonyl (C=O) groups excluding carboxylic acids is 1. The van der Waals surface area contributed by atoms with Gasteiger partial charge in [-0.05, 0) is 84.5 Å². The van der Waals surface area contributed by atoms with Crippen LogP contribution in [0, 0.1) is 12.3 Å². The lowest BCUT2D eigenvalue weighted by molar-refractivity contribution is -0.137. The molecular formula is C35H44O5. The minimum atomic E-state index is -0.559. The lowest BCUT2D eigenvalue weighted by Crippen LogP contribution is -2.31. The van der Waals surface area contributed by atoms with E-state index in [2.05, 4.69) is 75.0 Å². The number of carbonyl (C=O) groups is 1. The Kier molecular flexibility index (Phi) is 12.0. The highest BCUT2D eigenvalue weighted by Gasteiger charge is 2.26. The highest BCUT2D eigenvalue weighted by Crippen LogP contribution is 2.32. The van der Waals surface area contributed by atoms with Crippen molar-refractivity contribution in [1.82, 2.24) is 0 Å². The zero-order chi connectivity index (χ0) is 29.0. The van der Waals surface area contributed by atoms with Crippen LogP contribution in [0.2, 0.25) is 0 Å². The van der Waals surface area contributed by atoms with Crippen LogP contribution in [0.4, 0.5) is 0 Å². The molecule has 0 amide bonds. The van der Waals surface area contributed by atoms with E-state index < -0.39 is 11.4 Å². The zero-order valence-corrected chi connectivity index (χ0v) is 24.2. The van der Waals surface area contributed by atoms with Gasteiger partial charge in [-0.3, -0.25) is 0 Å². The molecule has 0 atom stereocenters. The summed E-state index contributed by atoms with van der Waals surface area (Å²) in [4.78, 5) is 11.6. The van der Waals surface area contributed by atoms with Crippen molar-refractivity contribution >= 4 is 5.97 Å². The molecule has 0 heterocycles. The van der Waals surface area contributed by atoms with E-state index in [0.29, 0.717) is 31.6 Å². The molecule has 0 saturated heterocycles. The number of benzene rings is 3. The number of esters is 1. The molecule has 0 unspecified atom stereocenters. The minimum absolute atomic E-state index is 0.0898. The van der Waals surface area contributed by atoms with Gasteiger partial charge in [0.2, 0.25) is 0 Å². The fourth-order valence-corrected chi connectivity index (χ4v) is 4.81. The Labute approximate surface area is 239 Å². The molecule has 0 spiro atoms. The van der Waals surface area contributed by atoms with Crippen LogP contribution in [0.15, 0.2) is 73.3 Å². The Morgan fingerprint density at radius 2 is 1.57 bits per heavy atom. The number of aryl methyl sites for hydroxylation is 4. The Balaban J connectivity index is 1.81. The normalized spacial score (nSPS) is 11.3. The Morgan fingerprint density at radius 3 is 2.23 bits per heavy atom. The summed E-state index contributed by atoms with van der Waals surface area (Å²) in [5.74, 6) is 0.263. The molecule has 0 aliphatic carbocycles. The lowest BCUT2D eigenvalue weighted by atomic mass is 9.84. The predicted octanol–water partition coefficient (Wildman–Crippen LogP) is 6.43. The van der Waals surface area contributed by atoms with E-state index in [1.54, 1.807) is 0 Å². The van der Waals surface area contributed by atoms with E-state index in [4.69, 9.17) is 9.47 Å². The first-order valence-corrected chi connectivity index (χ1v) is 14.3. The van der Waals surface area contributed by atoms with E-state index in [1.165, 1.54) is 27.8 Å². The lowest BCUT2D eigenvalue weighted by Gasteiger charge is -2.28. The Hall–Kier alpha value is -3.41. The van der Waals surface area contributed by atoms with E-state index in [-0.39, 0.29) is 19.8 Å². The maximum Gasteiger partial charge on any atom is 0.330 e. The van der Waals surface area contributed by atoms with Gasteiger partial charge in [-0.2, -0.15) is 0 Å². The van der Waals surface area contributed by atoms with Crippen molar-refractivity contribution in [3.63, 3.8) is 0 Å². The molecule has 2 N–H and O–H groups in total. The van der Waals surface area contributed by atoms with Crippen LogP contribution >= 0.6 is 0 Å². The Bertz CT molecular complexity index is 1230. The summed E-state index contributed by atoms with van der Waals surface area (Å²) in [6.45, 7) is 10.1. The molecule has 214 valence electrons. The van der Waals surface area contributed by atoms with Gasteiger partial charge < -0.3 is 19.7 Å². The van der Waals surface area contributed by atoms with Gasteiger partial charge in [0.25, 0.3) is 0 Å². The van der Waals surface area contributed by atoms with Crippen LogP contribution in [-0.4, -0.2) is 42.6 Å². The Morgan fingerprint density at radius 1 is 0.875 bits per heavy atom. The molecule has 5 nitrogen and oxygen atoms in total. The smallest absolute Gasteiger partial charge is 0.330 e. The first-order chi connectivity index (χ1) is 19.4. The molecule has 0 saturated carbocycles. The average Bonchev–Trinajstić information content (AvgIpc) is 2.99. The molecule has 0 aliphatic heterocycles. The van der Waals surface area contributed by atoms with Gasteiger partial charge in [0, 0.05) is 17.9 Å². The summed E-state index contributed by atoms with van der Waals surface area (Å²) in [5, 5.41) is 19.6. The summed E-state index contributed by atoms with van der Waals surface area (Å²) >= 11 is 0. The van der Waals surface area contributed by atoms with Crippen molar-refractivity contribution in [2.75, 3.05) is 26.4 Å². The molecule has 0 fully saturated rings. The number of aliphatic hydroxyl groups excluding tert-OH is 2. The number of aliphatic hydroxyl groups is 2. The monoisotopic (exact) mass is 544 g/mol. The molecular weight excluding hydrogens is 500 g/mol. The molecule has 0 bridgehead atoms. The maximum absolute atomic E-state index is 11.6. The van der Waals surface area contributed by atoms with Crippen molar-refractivity contribution in [1.29, 1.82) is 0 Å². The van der Waals surface area contributed by atoms with Crippen LogP contribution in [0.5, 0.6) is 5.75 Å². The van der Waals surface area contributed by atoms with E-state index >= 15 is 0 Å². The molecule has 40 heavy (non-hydrogen) atoms. The van der Waals surface area contributed by atoms with Crippen molar-refractivity contribution in [3.8, 4) is 16.9 Å². The second kappa shape index (κ2) is 15.4. The summed E-state index contributed by atoms with van der Waals surface area (Å²) in [6, 6.07) is 21.6. The summed E-state index contributed by atoms with van der Waals surface area (Å²) < 4.78 is 11.4. The molecule has 0 radical (unpaired) electrons. The van der Waals surface area contributed by atoms with Gasteiger partial charge in [-0.15, -0.1) is 0 Å². The van der Waals surface area contributed by atoms with Gasteiger partial charge >= 0.3 is 5.97 Å². The van der Waals surface area contributed by atoms with Crippen molar-refractivity contribution < 1.29 is 24.5 Å². The summed E-state index contributed by atoms with van der Waals surface area (Å²) in [5.41, 5.74) is 7.89. The topological polar surface area (TPSA) is 76.0 Å². The number of ether oxygens (including phenoxy) is 2. The quantitative estimate of drug-likeness (QED) is 0.161. The SMILES string of the molecule is C=CC(=O)OCCc1cc(-c2ccc(CCc3ccc(C)cc3)cc2CC)ccc1OCCC(CC)(CO)CO. The molecule has 0 aromatic heterocycles. The highest BCUT2D eigenvalue weighted by molar-refractivity contribution is 5.81. The van der Waals surface area contributed by atoms with E-state index in [0.717, 1.165) is 36.5 Å². The molecule has 3 aromatic rings. The number of hydrogen-bond acceptors (Lipinski definition) is 5. The van der Waals surface area contributed by atoms with Gasteiger partial charge in [-0.1, -0.05) is 74.5 Å². The number of rotatable bonds is 16. The average molecular weight is 545 g/mol. The second-order valence-electron chi connectivity index (χ2n) is 10.5. The standard InChI is InChI=1S/C35H44O5/c1-5-29-22-28(13-12-27-10-8-26(4)9-11-27)14-16-32(29)30-15-17-33(31(23-30)18-20-40-34(38)6-2)39-21-19-35(7-3,24-36)25-37/h6,8-11,14-17,22-23,36-37H,2,5,7,12-13,18-21,24-25H2,1,3-4H3. The molecule has 0 aliphatic rings. The van der Waals surface area contributed by atoms with E-state index in [1.807, 2.05) is 13.0 Å². The third-order valence-corrected chi connectivity index (χ3v) is 7.84. The van der Waals surface area contributed by atoms with Crippen LogP contribution in [0.1, 0.15) is 54.5 Å². The van der Waals surface area contributed by atoms with Crippen LogP contribution in [0.3, 0.4) is 0 Å². The first kappa shape index (κ1) is 31.1. The van der Waals surface area contributed by atoms with Crippen LogP contribution < -0.4 is 4.74 Å². The summed E-state index contributed by atoms with van der Waals surface area (Å²) in [6.07, 6.45) is 5.77. The fraction of sp³-hybridized carbons (Fsp3) is 0.400. The largest absolute Gasteiger partial charge is 0.493 e.